The number of aromatic nitrogens is 2. The molecular formula is C21H22N4O3. The normalized spacial score (nSPS) is 11.4. The first kappa shape index (κ1) is 19.2. The van der Waals surface area contributed by atoms with Crippen LogP contribution in [0.5, 0.6) is 11.5 Å². The second kappa shape index (κ2) is 8.85. The van der Waals surface area contributed by atoms with Gasteiger partial charge in [0.2, 0.25) is 0 Å². The number of rotatable bonds is 7. The van der Waals surface area contributed by atoms with Crippen molar-refractivity contribution in [1.29, 1.82) is 0 Å². The second-order valence-corrected chi connectivity index (χ2v) is 6.08. The van der Waals surface area contributed by atoms with Crippen LogP contribution in [0, 0.1) is 0 Å². The molecule has 0 saturated heterocycles. The maximum atomic E-state index is 12.5. The van der Waals surface area contributed by atoms with Crippen LogP contribution in [0.4, 0.5) is 11.5 Å². The third kappa shape index (κ3) is 4.56. The monoisotopic (exact) mass is 378 g/mol. The van der Waals surface area contributed by atoms with Crippen molar-refractivity contribution in [2.45, 2.75) is 13.0 Å². The molecule has 28 heavy (non-hydrogen) atoms. The Morgan fingerprint density at radius 1 is 1.00 bits per heavy atom. The first-order valence-electron chi connectivity index (χ1n) is 8.77. The Labute approximate surface area is 163 Å². The van der Waals surface area contributed by atoms with Crippen molar-refractivity contribution in [3.8, 4) is 11.5 Å². The molecule has 0 radical (unpaired) electrons. The molecule has 0 saturated carbocycles. The number of ether oxygens (including phenoxy) is 2. The summed E-state index contributed by atoms with van der Waals surface area (Å²) in [6, 6.07) is 15.2. The van der Waals surface area contributed by atoms with E-state index in [0.29, 0.717) is 23.0 Å². The maximum Gasteiger partial charge on any atom is 0.275 e. The summed E-state index contributed by atoms with van der Waals surface area (Å²) in [4.78, 5) is 21.0. The van der Waals surface area contributed by atoms with E-state index in [9.17, 15) is 4.79 Å². The Morgan fingerprint density at radius 2 is 1.79 bits per heavy atom. The Balaban J connectivity index is 1.69. The van der Waals surface area contributed by atoms with E-state index in [4.69, 9.17) is 9.47 Å². The first-order chi connectivity index (χ1) is 13.6. The van der Waals surface area contributed by atoms with Gasteiger partial charge in [0.05, 0.1) is 32.3 Å². The lowest BCUT2D eigenvalue weighted by Crippen LogP contribution is -2.15. The molecule has 2 aromatic carbocycles. The van der Waals surface area contributed by atoms with Crippen LogP contribution in [0.3, 0.4) is 0 Å². The molecule has 3 aromatic rings. The summed E-state index contributed by atoms with van der Waals surface area (Å²) in [6.07, 6.45) is 2.97. The van der Waals surface area contributed by atoms with Gasteiger partial charge in [-0.2, -0.15) is 0 Å². The zero-order chi connectivity index (χ0) is 19.9. The van der Waals surface area contributed by atoms with Gasteiger partial charge in [0.1, 0.15) is 23.0 Å². The number of nitrogens with one attached hydrogen (secondary N) is 2. The van der Waals surface area contributed by atoms with Gasteiger partial charge in [0, 0.05) is 12.1 Å². The number of nitrogens with zero attached hydrogens (tertiary/aromatic N) is 2. The van der Waals surface area contributed by atoms with Crippen LogP contribution >= 0.6 is 0 Å². The molecule has 7 heteroatoms. The molecule has 1 heterocycles. The summed E-state index contributed by atoms with van der Waals surface area (Å²) in [5.74, 6) is 1.34. The largest absolute Gasteiger partial charge is 0.497 e. The minimum Gasteiger partial charge on any atom is -0.497 e. The van der Waals surface area contributed by atoms with E-state index in [1.165, 1.54) is 19.5 Å². The van der Waals surface area contributed by atoms with Crippen LogP contribution in [-0.2, 0) is 0 Å². The highest BCUT2D eigenvalue weighted by Gasteiger charge is 2.13. The highest BCUT2D eigenvalue weighted by molar-refractivity contribution is 6.03. The molecule has 3 rings (SSSR count). The van der Waals surface area contributed by atoms with Crippen LogP contribution in [0.2, 0.25) is 0 Å². The maximum absolute atomic E-state index is 12.5. The summed E-state index contributed by atoms with van der Waals surface area (Å²) in [5.41, 5.74) is 1.83. The lowest BCUT2D eigenvalue weighted by atomic mass is 10.1. The van der Waals surface area contributed by atoms with E-state index >= 15 is 0 Å². The Bertz CT molecular complexity index is 930. The first-order valence-corrected chi connectivity index (χ1v) is 8.77. The van der Waals surface area contributed by atoms with E-state index in [2.05, 4.69) is 20.6 Å². The summed E-state index contributed by atoms with van der Waals surface area (Å²) in [5, 5.41) is 6.04. The fourth-order valence-electron chi connectivity index (χ4n) is 2.66. The molecular weight excluding hydrogens is 356 g/mol. The third-order valence-electron chi connectivity index (χ3n) is 4.20. The van der Waals surface area contributed by atoms with Crippen LogP contribution in [0.15, 0.2) is 60.9 Å². The molecule has 144 valence electrons. The van der Waals surface area contributed by atoms with Crippen molar-refractivity contribution in [2.24, 2.45) is 0 Å². The van der Waals surface area contributed by atoms with Crippen LogP contribution in [-0.4, -0.2) is 30.1 Å². The predicted molar refractivity (Wildman–Crippen MR) is 108 cm³/mol. The number of hydrogen-bond acceptors (Lipinski definition) is 6. The summed E-state index contributed by atoms with van der Waals surface area (Å²) >= 11 is 0. The van der Waals surface area contributed by atoms with Crippen molar-refractivity contribution in [3.63, 3.8) is 0 Å². The SMILES string of the molecule is COc1ccc(OC)c(NC(=O)c2cnc(NC(C)c3ccccc3)cn2)c1. The van der Waals surface area contributed by atoms with E-state index in [1.54, 1.807) is 25.3 Å². The van der Waals surface area contributed by atoms with Gasteiger partial charge in [-0.05, 0) is 24.6 Å². The summed E-state index contributed by atoms with van der Waals surface area (Å²) in [7, 11) is 3.09. The van der Waals surface area contributed by atoms with Gasteiger partial charge in [-0.1, -0.05) is 30.3 Å². The number of amides is 1. The van der Waals surface area contributed by atoms with E-state index in [-0.39, 0.29) is 17.6 Å². The van der Waals surface area contributed by atoms with Gasteiger partial charge in [-0.15, -0.1) is 0 Å². The summed E-state index contributed by atoms with van der Waals surface area (Å²) < 4.78 is 10.5. The van der Waals surface area contributed by atoms with Crippen molar-refractivity contribution < 1.29 is 14.3 Å². The van der Waals surface area contributed by atoms with Crippen molar-refractivity contribution in [2.75, 3.05) is 24.9 Å². The highest BCUT2D eigenvalue weighted by Crippen LogP contribution is 2.29. The van der Waals surface area contributed by atoms with Crippen LogP contribution in [0.25, 0.3) is 0 Å². The quantitative estimate of drug-likeness (QED) is 0.648. The Hall–Kier alpha value is -3.61. The van der Waals surface area contributed by atoms with Crippen molar-refractivity contribution in [1.82, 2.24) is 9.97 Å². The van der Waals surface area contributed by atoms with Crippen molar-refractivity contribution in [3.05, 3.63) is 72.2 Å². The molecule has 0 aliphatic heterocycles. The predicted octanol–water partition coefficient (Wildman–Crippen LogP) is 3.92. The molecule has 1 amide bonds. The average Bonchev–Trinajstić information content (AvgIpc) is 2.74. The number of hydrogen-bond donors (Lipinski definition) is 2. The Morgan fingerprint density at radius 3 is 2.43 bits per heavy atom. The fourth-order valence-corrected chi connectivity index (χ4v) is 2.66. The standard InChI is InChI=1S/C21H22N4O3/c1-14(15-7-5-4-6-8-15)24-20-13-22-18(12-23-20)21(26)25-17-11-16(27-2)9-10-19(17)28-3/h4-14H,1-3H3,(H,23,24)(H,25,26). The molecule has 1 atom stereocenters. The van der Waals surface area contributed by atoms with E-state index < -0.39 is 0 Å². The van der Waals surface area contributed by atoms with Gasteiger partial charge >= 0.3 is 0 Å². The van der Waals surface area contributed by atoms with Gasteiger partial charge in [-0.25, -0.2) is 9.97 Å². The molecule has 0 aliphatic rings. The molecule has 0 fully saturated rings. The molecule has 0 aliphatic carbocycles. The topological polar surface area (TPSA) is 85.4 Å². The van der Waals surface area contributed by atoms with Gasteiger partial charge < -0.3 is 20.1 Å². The zero-order valence-corrected chi connectivity index (χ0v) is 16.0. The minimum atomic E-state index is -0.387. The van der Waals surface area contributed by atoms with Gasteiger partial charge in [-0.3, -0.25) is 4.79 Å². The number of methoxy groups -OCH3 is 2. The van der Waals surface area contributed by atoms with Gasteiger partial charge in [0.25, 0.3) is 5.91 Å². The zero-order valence-electron chi connectivity index (χ0n) is 16.0. The molecule has 1 aromatic heterocycles. The lowest BCUT2D eigenvalue weighted by molar-refractivity contribution is 0.102. The smallest absolute Gasteiger partial charge is 0.275 e. The molecule has 7 nitrogen and oxygen atoms in total. The molecule has 1 unspecified atom stereocenters. The Kier molecular flexibility index (Phi) is 6.06. The third-order valence-corrected chi connectivity index (χ3v) is 4.20. The number of carbonyl (C=O) groups excluding carboxylic acids is 1. The molecule has 0 spiro atoms. The summed E-state index contributed by atoms with van der Waals surface area (Å²) in [6.45, 7) is 2.03. The second-order valence-electron chi connectivity index (χ2n) is 6.08. The van der Waals surface area contributed by atoms with Crippen LogP contribution < -0.4 is 20.1 Å². The highest BCUT2D eigenvalue weighted by atomic mass is 16.5. The number of anilines is 2. The lowest BCUT2D eigenvalue weighted by Gasteiger charge is -2.15. The van der Waals surface area contributed by atoms with Gasteiger partial charge in [0.15, 0.2) is 0 Å². The number of carbonyl (C=O) groups is 1. The molecule has 2 N–H and O–H groups in total. The average molecular weight is 378 g/mol. The number of benzene rings is 2. The van der Waals surface area contributed by atoms with Crippen molar-refractivity contribution >= 4 is 17.4 Å². The molecule has 0 bridgehead atoms. The fraction of sp³-hybridized carbons (Fsp3) is 0.190. The van der Waals surface area contributed by atoms with E-state index in [0.717, 1.165) is 5.56 Å². The van der Waals surface area contributed by atoms with E-state index in [1.807, 2.05) is 37.3 Å². The van der Waals surface area contributed by atoms with Crippen LogP contribution in [0.1, 0.15) is 29.0 Å². The minimum absolute atomic E-state index is 0.0659.